The third kappa shape index (κ3) is 3.88. The van der Waals surface area contributed by atoms with Crippen molar-refractivity contribution in [3.63, 3.8) is 0 Å². The lowest BCUT2D eigenvalue weighted by molar-refractivity contribution is -0.122. The summed E-state index contributed by atoms with van der Waals surface area (Å²) in [6.45, 7) is 0.116. The number of aromatic nitrogens is 1. The molecule has 1 amide bonds. The third-order valence-corrected chi connectivity index (χ3v) is 5.18. The summed E-state index contributed by atoms with van der Waals surface area (Å²) in [7, 11) is 0. The maximum absolute atomic E-state index is 12.8. The van der Waals surface area contributed by atoms with Crippen molar-refractivity contribution in [1.29, 1.82) is 0 Å². The number of carbonyl (C=O) groups excluding carboxylic acids is 1. The van der Waals surface area contributed by atoms with E-state index in [0.717, 1.165) is 0 Å². The number of para-hydroxylation sites is 2. The molecule has 0 aliphatic rings. The first-order valence-electron chi connectivity index (χ1n) is 9.25. The van der Waals surface area contributed by atoms with Crippen LogP contribution in [0, 0.1) is 0 Å². The van der Waals surface area contributed by atoms with Gasteiger partial charge in [0.05, 0.1) is 17.1 Å². The number of amides is 1. The summed E-state index contributed by atoms with van der Waals surface area (Å²) in [6.07, 6.45) is -0.835. The maximum Gasteiger partial charge on any atom is 0.240 e. The second kappa shape index (κ2) is 8.07. The van der Waals surface area contributed by atoms with Crippen LogP contribution in [0.5, 0.6) is 0 Å². The molecule has 4 rings (SSSR count). The number of halogens is 1. The van der Waals surface area contributed by atoms with Gasteiger partial charge in [0, 0.05) is 22.3 Å². The average molecular weight is 407 g/mol. The molecule has 0 spiro atoms. The Bertz CT molecular complexity index is 1190. The Morgan fingerprint density at radius 3 is 2.07 bits per heavy atom. The Morgan fingerprint density at radius 2 is 1.48 bits per heavy atom. The van der Waals surface area contributed by atoms with Crippen LogP contribution >= 0.6 is 11.6 Å². The van der Waals surface area contributed by atoms with Crippen molar-refractivity contribution in [1.82, 2.24) is 9.88 Å². The van der Waals surface area contributed by atoms with Gasteiger partial charge in [-0.05, 0) is 42.0 Å². The molecule has 146 valence electrons. The van der Waals surface area contributed by atoms with Crippen molar-refractivity contribution in [2.24, 2.45) is 0 Å². The Morgan fingerprint density at radius 1 is 0.931 bits per heavy atom. The maximum atomic E-state index is 12.8. The van der Waals surface area contributed by atoms with Gasteiger partial charge in [0.1, 0.15) is 6.54 Å². The second-order valence-corrected chi connectivity index (χ2v) is 7.26. The number of aliphatic hydroxyl groups is 1. The molecule has 0 bridgehead atoms. The summed E-state index contributed by atoms with van der Waals surface area (Å²) in [4.78, 5) is 25.4. The van der Waals surface area contributed by atoms with Gasteiger partial charge in [-0.2, -0.15) is 0 Å². The number of carbonyl (C=O) groups is 1. The van der Waals surface area contributed by atoms with Crippen molar-refractivity contribution >= 4 is 39.3 Å². The molecule has 0 aliphatic heterocycles. The van der Waals surface area contributed by atoms with E-state index in [1.54, 1.807) is 36.4 Å². The van der Waals surface area contributed by atoms with Gasteiger partial charge in [0.15, 0.2) is 5.43 Å². The van der Waals surface area contributed by atoms with Gasteiger partial charge in [-0.15, -0.1) is 0 Å². The molecule has 29 heavy (non-hydrogen) atoms. The highest BCUT2D eigenvalue weighted by Crippen LogP contribution is 2.19. The normalized spacial score (nSPS) is 12.2. The lowest BCUT2D eigenvalue weighted by Crippen LogP contribution is -2.32. The molecule has 1 aromatic heterocycles. The zero-order chi connectivity index (χ0) is 20.4. The van der Waals surface area contributed by atoms with Crippen LogP contribution < -0.4 is 10.7 Å². The van der Waals surface area contributed by atoms with Crippen LogP contribution in [0.15, 0.2) is 77.6 Å². The van der Waals surface area contributed by atoms with Crippen molar-refractivity contribution < 1.29 is 9.90 Å². The smallest absolute Gasteiger partial charge is 0.240 e. The summed E-state index contributed by atoms with van der Waals surface area (Å²) in [5.74, 6) is -0.253. The molecular formula is C23H19ClN2O3. The highest BCUT2D eigenvalue weighted by molar-refractivity contribution is 6.30. The first-order valence-corrected chi connectivity index (χ1v) is 9.63. The van der Waals surface area contributed by atoms with Crippen LogP contribution in [-0.2, 0) is 11.3 Å². The Hall–Kier alpha value is -3.15. The molecule has 0 unspecified atom stereocenters. The molecule has 0 saturated heterocycles. The minimum atomic E-state index is -0.835. The van der Waals surface area contributed by atoms with Crippen molar-refractivity contribution in [2.75, 3.05) is 6.54 Å². The number of aliphatic hydroxyl groups excluding tert-OH is 1. The van der Waals surface area contributed by atoms with Gasteiger partial charge in [0.25, 0.3) is 0 Å². The second-order valence-electron chi connectivity index (χ2n) is 6.82. The van der Waals surface area contributed by atoms with Gasteiger partial charge in [0.2, 0.25) is 5.91 Å². The number of hydrogen-bond acceptors (Lipinski definition) is 3. The van der Waals surface area contributed by atoms with E-state index in [4.69, 9.17) is 11.6 Å². The monoisotopic (exact) mass is 406 g/mol. The fourth-order valence-electron chi connectivity index (χ4n) is 3.46. The summed E-state index contributed by atoms with van der Waals surface area (Å²) in [5.41, 5.74) is 2.02. The highest BCUT2D eigenvalue weighted by atomic mass is 35.5. The van der Waals surface area contributed by atoms with Crippen LogP contribution in [-0.4, -0.2) is 22.1 Å². The Labute approximate surface area is 172 Å². The van der Waals surface area contributed by atoms with E-state index in [2.05, 4.69) is 5.32 Å². The van der Waals surface area contributed by atoms with E-state index in [0.29, 0.717) is 32.4 Å². The molecule has 0 radical (unpaired) electrons. The summed E-state index contributed by atoms with van der Waals surface area (Å²) >= 11 is 5.86. The first kappa shape index (κ1) is 19.2. The molecule has 1 atom stereocenters. The van der Waals surface area contributed by atoms with E-state index in [1.807, 2.05) is 41.0 Å². The van der Waals surface area contributed by atoms with Crippen LogP contribution in [0.3, 0.4) is 0 Å². The summed E-state index contributed by atoms with van der Waals surface area (Å²) < 4.78 is 1.83. The quantitative estimate of drug-likeness (QED) is 0.497. The first-order chi connectivity index (χ1) is 14.0. The number of hydrogen-bond donors (Lipinski definition) is 2. The largest absolute Gasteiger partial charge is 0.387 e. The zero-order valence-corrected chi connectivity index (χ0v) is 16.3. The molecular weight excluding hydrogens is 388 g/mol. The number of pyridine rings is 1. The van der Waals surface area contributed by atoms with Gasteiger partial charge >= 0.3 is 0 Å². The Balaban J connectivity index is 1.60. The fourth-order valence-corrected chi connectivity index (χ4v) is 3.59. The highest BCUT2D eigenvalue weighted by Gasteiger charge is 2.14. The number of rotatable bonds is 5. The van der Waals surface area contributed by atoms with Crippen LogP contribution in [0.2, 0.25) is 5.02 Å². The molecule has 1 heterocycles. The number of nitrogens with zero attached hydrogens (tertiary/aromatic N) is 1. The minimum absolute atomic E-state index is 0.0364. The van der Waals surface area contributed by atoms with Crippen LogP contribution in [0.1, 0.15) is 11.7 Å². The van der Waals surface area contributed by atoms with Crippen LogP contribution in [0.25, 0.3) is 21.8 Å². The van der Waals surface area contributed by atoms with Crippen LogP contribution in [0.4, 0.5) is 0 Å². The fraction of sp³-hybridized carbons (Fsp3) is 0.130. The zero-order valence-electron chi connectivity index (χ0n) is 15.5. The van der Waals surface area contributed by atoms with Gasteiger partial charge in [-0.3, -0.25) is 9.59 Å². The van der Waals surface area contributed by atoms with Crippen molar-refractivity contribution in [2.45, 2.75) is 12.6 Å². The van der Waals surface area contributed by atoms with E-state index < -0.39 is 6.10 Å². The number of fused-ring (bicyclic) bond motifs is 2. The lowest BCUT2D eigenvalue weighted by atomic mass is 10.1. The van der Waals surface area contributed by atoms with E-state index in [-0.39, 0.29) is 24.4 Å². The predicted molar refractivity (Wildman–Crippen MR) is 115 cm³/mol. The number of nitrogens with one attached hydrogen (secondary N) is 1. The minimum Gasteiger partial charge on any atom is -0.387 e. The third-order valence-electron chi connectivity index (χ3n) is 4.93. The lowest BCUT2D eigenvalue weighted by Gasteiger charge is -2.16. The summed E-state index contributed by atoms with van der Waals surface area (Å²) in [6, 6.07) is 21.3. The molecule has 2 N–H and O–H groups in total. The Kier molecular flexibility index (Phi) is 5.34. The average Bonchev–Trinajstić information content (AvgIpc) is 2.75. The van der Waals surface area contributed by atoms with Crippen molar-refractivity contribution in [3.05, 3.63) is 93.6 Å². The molecule has 5 nitrogen and oxygen atoms in total. The van der Waals surface area contributed by atoms with E-state index in [9.17, 15) is 14.7 Å². The molecule has 0 saturated carbocycles. The van der Waals surface area contributed by atoms with E-state index >= 15 is 0 Å². The standard InChI is InChI=1S/C23H19ClN2O3/c24-16-11-9-15(10-12-16)21(27)13-25-22(28)14-26-19-7-3-1-5-17(19)23(29)18-6-2-4-8-20(18)26/h1-12,21,27H,13-14H2,(H,25,28)/t21-/m0/s1. The molecule has 0 aliphatic carbocycles. The predicted octanol–water partition coefficient (Wildman–Crippen LogP) is 3.66. The topological polar surface area (TPSA) is 71.3 Å². The molecule has 3 aromatic carbocycles. The SMILES string of the molecule is O=C(Cn1c2ccccc2c(=O)c2ccccc21)NC[C@H](O)c1ccc(Cl)cc1. The molecule has 6 heteroatoms. The van der Waals surface area contributed by atoms with Gasteiger partial charge in [-0.25, -0.2) is 0 Å². The van der Waals surface area contributed by atoms with Gasteiger partial charge < -0.3 is 15.0 Å². The van der Waals surface area contributed by atoms with Gasteiger partial charge in [-0.1, -0.05) is 48.0 Å². The molecule has 4 aromatic rings. The summed E-state index contributed by atoms with van der Waals surface area (Å²) in [5, 5.41) is 14.8. The number of benzene rings is 3. The molecule has 0 fully saturated rings. The van der Waals surface area contributed by atoms with Crippen molar-refractivity contribution in [3.8, 4) is 0 Å². The van der Waals surface area contributed by atoms with E-state index in [1.165, 1.54) is 0 Å².